The molecular formula is C21H40N8O6S2. The maximum absolute atomic E-state index is 13.1. The van der Waals surface area contributed by atoms with Crippen molar-refractivity contribution in [2.24, 2.45) is 27.9 Å². The lowest BCUT2D eigenvalue weighted by Gasteiger charge is -2.25. The number of carboxylic acids is 1. The second-order valence-electron chi connectivity index (χ2n) is 8.15. The summed E-state index contributed by atoms with van der Waals surface area (Å²) in [6.45, 7) is 0.193. The Morgan fingerprint density at radius 3 is 1.76 bits per heavy atom. The summed E-state index contributed by atoms with van der Waals surface area (Å²) >= 11 is 2.89. The Balaban J connectivity index is 5.55. The highest BCUT2D eigenvalue weighted by atomic mass is 32.2. The number of thioether (sulfide) groups is 2. The number of guanidine groups is 1. The van der Waals surface area contributed by atoms with E-state index in [1.165, 1.54) is 23.5 Å². The Labute approximate surface area is 225 Å². The zero-order valence-electron chi connectivity index (χ0n) is 21.2. The maximum atomic E-state index is 13.1. The van der Waals surface area contributed by atoms with Crippen LogP contribution < -0.4 is 38.9 Å². The summed E-state index contributed by atoms with van der Waals surface area (Å²) in [6.07, 6.45) is 4.45. The topological polar surface area (TPSA) is 258 Å². The number of carboxylic acid groups (broad SMARTS) is 1. The van der Waals surface area contributed by atoms with Crippen molar-refractivity contribution >= 4 is 59.1 Å². The van der Waals surface area contributed by atoms with Gasteiger partial charge in [0.25, 0.3) is 0 Å². The van der Waals surface area contributed by atoms with Crippen LogP contribution in [0.4, 0.5) is 0 Å². The van der Waals surface area contributed by atoms with Gasteiger partial charge >= 0.3 is 5.97 Å². The first kappa shape index (κ1) is 34.3. The van der Waals surface area contributed by atoms with Crippen LogP contribution in [0, 0.1) is 0 Å². The fourth-order valence-electron chi connectivity index (χ4n) is 3.02. The number of aliphatic carboxylic acids is 1. The second-order valence-corrected chi connectivity index (χ2v) is 10.1. The Morgan fingerprint density at radius 1 is 0.784 bits per heavy atom. The van der Waals surface area contributed by atoms with Gasteiger partial charge in [-0.3, -0.25) is 24.2 Å². The first-order valence-corrected chi connectivity index (χ1v) is 14.4. The van der Waals surface area contributed by atoms with Crippen LogP contribution in [0.2, 0.25) is 0 Å². The van der Waals surface area contributed by atoms with E-state index in [4.69, 9.17) is 22.9 Å². The average Bonchev–Trinajstić information content (AvgIpc) is 2.83. The minimum Gasteiger partial charge on any atom is -0.480 e. The molecule has 4 unspecified atom stereocenters. The van der Waals surface area contributed by atoms with Gasteiger partial charge in [0, 0.05) is 13.0 Å². The predicted octanol–water partition coefficient (Wildman–Crippen LogP) is -2.32. The van der Waals surface area contributed by atoms with E-state index in [0.717, 1.165) is 0 Å². The van der Waals surface area contributed by atoms with Crippen molar-refractivity contribution in [1.29, 1.82) is 0 Å². The van der Waals surface area contributed by atoms with Crippen molar-refractivity contribution in [3.8, 4) is 0 Å². The van der Waals surface area contributed by atoms with E-state index in [1.807, 2.05) is 12.5 Å². The highest BCUT2D eigenvalue weighted by molar-refractivity contribution is 7.98. The van der Waals surface area contributed by atoms with Gasteiger partial charge in [-0.05, 0) is 56.1 Å². The summed E-state index contributed by atoms with van der Waals surface area (Å²) in [5, 5.41) is 17.1. The Kier molecular flexibility index (Phi) is 18.0. The van der Waals surface area contributed by atoms with Crippen LogP contribution >= 0.6 is 23.5 Å². The number of hydrogen-bond donors (Lipinski definition) is 8. The lowest BCUT2D eigenvalue weighted by Crippen LogP contribution is -2.57. The van der Waals surface area contributed by atoms with Crippen LogP contribution in [0.5, 0.6) is 0 Å². The lowest BCUT2D eigenvalue weighted by molar-refractivity contribution is -0.142. The summed E-state index contributed by atoms with van der Waals surface area (Å²) < 4.78 is 0. The van der Waals surface area contributed by atoms with Gasteiger partial charge < -0.3 is 44.0 Å². The molecule has 4 amide bonds. The van der Waals surface area contributed by atoms with E-state index in [-0.39, 0.29) is 44.6 Å². The minimum absolute atomic E-state index is 0.0144. The number of aliphatic imine (C=N–C) groups is 1. The number of hydrogen-bond acceptors (Lipinski definition) is 9. The third-order valence-electron chi connectivity index (χ3n) is 5.09. The standard InChI is InChI=1S/C21H40N8O6S2/c1-36-10-7-14(27-17(31)12(22)5-6-16(23)30)19(33)28-13(4-3-9-26-21(24)25)18(32)29-15(20(34)35)8-11-37-2/h12-15H,3-11,22H2,1-2H3,(H2,23,30)(H,27,31)(H,28,33)(H,29,32)(H,34,35)(H4,24,25,26). The number of nitrogens with two attached hydrogens (primary N) is 4. The molecule has 0 rings (SSSR count). The molecule has 0 fully saturated rings. The van der Waals surface area contributed by atoms with E-state index in [9.17, 15) is 29.1 Å². The molecule has 0 aliphatic carbocycles. The van der Waals surface area contributed by atoms with Crippen LogP contribution in [-0.2, 0) is 24.0 Å². The number of rotatable bonds is 20. The molecule has 16 heteroatoms. The van der Waals surface area contributed by atoms with Crippen molar-refractivity contribution in [3.63, 3.8) is 0 Å². The van der Waals surface area contributed by atoms with Gasteiger partial charge in [0.05, 0.1) is 6.04 Å². The van der Waals surface area contributed by atoms with E-state index < -0.39 is 53.8 Å². The predicted molar refractivity (Wildman–Crippen MR) is 146 cm³/mol. The van der Waals surface area contributed by atoms with Crippen LogP contribution in [-0.4, -0.2) is 95.4 Å². The highest BCUT2D eigenvalue weighted by Crippen LogP contribution is 2.07. The number of carbonyl (C=O) groups is 5. The normalized spacial score (nSPS) is 13.9. The smallest absolute Gasteiger partial charge is 0.326 e. The lowest BCUT2D eigenvalue weighted by atomic mass is 10.1. The summed E-state index contributed by atoms with van der Waals surface area (Å²) in [4.78, 5) is 65.0. The molecule has 4 atom stereocenters. The summed E-state index contributed by atoms with van der Waals surface area (Å²) in [5.41, 5.74) is 21.6. The van der Waals surface area contributed by atoms with E-state index in [2.05, 4.69) is 20.9 Å². The molecule has 0 aromatic heterocycles. The molecule has 0 aliphatic heterocycles. The monoisotopic (exact) mass is 564 g/mol. The second kappa shape index (κ2) is 19.4. The van der Waals surface area contributed by atoms with Crippen LogP contribution in [0.3, 0.4) is 0 Å². The summed E-state index contributed by atoms with van der Waals surface area (Å²) in [6, 6.07) is -4.30. The van der Waals surface area contributed by atoms with Crippen molar-refractivity contribution in [3.05, 3.63) is 0 Å². The molecule has 0 saturated heterocycles. The molecule has 0 heterocycles. The van der Waals surface area contributed by atoms with E-state index >= 15 is 0 Å². The quantitative estimate of drug-likeness (QED) is 0.0442. The number of amides is 4. The van der Waals surface area contributed by atoms with Crippen LogP contribution in [0.1, 0.15) is 38.5 Å². The van der Waals surface area contributed by atoms with Crippen molar-refractivity contribution in [2.75, 3.05) is 30.6 Å². The van der Waals surface area contributed by atoms with Gasteiger partial charge in [-0.1, -0.05) is 0 Å². The molecule has 14 nitrogen and oxygen atoms in total. The Hall–Kier alpha value is -2.72. The zero-order valence-corrected chi connectivity index (χ0v) is 22.9. The fraction of sp³-hybridized carbons (Fsp3) is 0.714. The first-order valence-electron chi connectivity index (χ1n) is 11.6. The van der Waals surface area contributed by atoms with Gasteiger partial charge in [-0.2, -0.15) is 23.5 Å². The molecule has 0 radical (unpaired) electrons. The van der Waals surface area contributed by atoms with Gasteiger partial charge in [0.2, 0.25) is 23.6 Å². The highest BCUT2D eigenvalue weighted by Gasteiger charge is 2.30. The maximum Gasteiger partial charge on any atom is 0.326 e. The van der Waals surface area contributed by atoms with Crippen LogP contribution in [0.15, 0.2) is 4.99 Å². The molecule has 12 N–H and O–H groups in total. The molecule has 0 aliphatic rings. The first-order chi connectivity index (χ1) is 17.4. The molecule has 0 aromatic rings. The zero-order chi connectivity index (χ0) is 28.4. The fourth-order valence-corrected chi connectivity index (χ4v) is 3.97. The van der Waals surface area contributed by atoms with Crippen molar-refractivity contribution in [2.45, 2.75) is 62.7 Å². The molecule has 0 aromatic carbocycles. The molecule has 0 saturated carbocycles. The Bertz CT molecular complexity index is 797. The van der Waals surface area contributed by atoms with Crippen LogP contribution in [0.25, 0.3) is 0 Å². The molecular weight excluding hydrogens is 524 g/mol. The molecule has 0 bridgehead atoms. The van der Waals surface area contributed by atoms with Gasteiger partial charge in [-0.25, -0.2) is 4.79 Å². The third kappa shape index (κ3) is 15.9. The minimum atomic E-state index is -1.19. The van der Waals surface area contributed by atoms with Gasteiger partial charge in [0.1, 0.15) is 18.1 Å². The average molecular weight is 565 g/mol. The number of primary amides is 1. The molecule has 37 heavy (non-hydrogen) atoms. The number of carbonyl (C=O) groups excluding carboxylic acids is 4. The summed E-state index contributed by atoms with van der Waals surface area (Å²) in [7, 11) is 0. The van der Waals surface area contributed by atoms with E-state index in [0.29, 0.717) is 17.9 Å². The summed E-state index contributed by atoms with van der Waals surface area (Å²) in [5.74, 6) is -2.85. The number of nitrogens with one attached hydrogen (secondary N) is 3. The number of nitrogens with zero attached hydrogens (tertiary/aromatic N) is 1. The molecule has 212 valence electrons. The SMILES string of the molecule is CSCCC(NC(=O)C(CCCN=C(N)N)NC(=O)C(CCSC)NC(=O)C(N)CCC(N)=O)C(=O)O. The largest absolute Gasteiger partial charge is 0.480 e. The Morgan fingerprint density at radius 2 is 1.27 bits per heavy atom. The third-order valence-corrected chi connectivity index (χ3v) is 6.37. The van der Waals surface area contributed by atoms with Gasteiger partial charge in [-0.15, -0.1) is 0 Å². The van der Waals surface area contributed by atoms with Gasteiger partial charge in [0.15, 0.2) is 5.96 Å². The molecule has 0 spiro atoms. The van der Waals surface area contributed by atoms with Crippen molar-refractivity contribution in [1.82, 2.24) is 16.0 Å². The van der Waals surface area contributed by atoms with E-state index in [1.54, 1.807) is 0 Å². The van der Waals surface area contributed by atoms with Crippen molar-refractivity contribution < 1.29 is 29.1 Å².